The van der Waals surface area contributed by atoms with Gasteiger partial charge < -0.3 is 9.32 Å². The zero-order valence-corrected chi connectivity index (χ0v) is 25.2. The Morgan fingerprint density at radius 1 is 0.444 bits per heavy atom. The van der Waals surface area contributed by atoms with E-state index in [-0.39, 0.29) is 0 Å². The second-order valence-corrected chi connectivity index (χ2v) is 12.4. The summed E-state index contributed by atoms with van der Waals surface area (Å²) in [7, 11) is 0. The maximum Gasteiger partial charge on any atom is 0.155 e. The monoisotopic (exact) mass is 593 g/mol. The molecule has 0 amide bonds. The summed E-state index contributed by atoms with van der Waals surface area (Å²) in [5, 5.41) is 4.71. The molecule has 0 N–H and O–H groups in total. The molecular formula is C42H27NOS. The van der Waals surface area contributed by atoms with Crippen LogP contribution >= 0.6 is 11.3 Å². The van der Waals surface area contributed by atoms with Crippen LogP contribution < -0.4 is 4.90 Å². The third kappa shape index (κ3) is 4.32. The van der Waals surface area contributed by atoms with Crippen molar-refractivity contribution in [3.05, 3.63) is 164 Å². The fourth-order valence-electron chi connectivity index (χ4n) is 6.52. The van der Waals surface area contributed by atoms with Crippen LogP contribution in [0.2, 0.25) is 0 Å². The molecule has 0 aliphatic heterocycles. The van der Waals surface area contributed by atoms with Crippen LogP contribution in [0.5, 0.6) is 0 Å². The lowest BCUT2D eigenvalue weighted by molar-refractivity contribution is 0.673. The molecule has 0 bridgehead atoms. The van der Waals surface area contributed by atoms with Crippen LogP contribution in [0.1, 0.15) is 0 Å². The molecule has 0 saturated carbocycles. The highest BCUT2D eigenvalue weighted by atomic mass is 32.1. The standard InChI is InChI=1S/C42H27NOS/c1-3-11-28(12-4-1)30-19-23-32(24-20-30)43(33-25-21-31(22-26-33)29-13-5-2-6-14-29)37-27-36-34-15-8-10-18-39(34)45-42(36)41-40(37)35-16-7-9-17-38(35)44-41/h1-27H. The molecule has 0 saturated heterocycles. The summed E-state index contributed by atoms with van der Waals surface area (Å²) >= 11 is 1.81. The van der Waals surface area contributed by atoms with Gasteiger partial charge >= 0.3 is 0 Å². The molecule has 3 heteroatoms. The van der Waals surface area contributed by atoms with Crippen LogP contribution in [0, 0.1) is 0 Å². The largest absolute Gasteiger partial charge is 0.454 e. The Kier molecular flexibility index (Phi) is 6.03. The summed E-state index contributed by atoms with van der Waals surface area (Å²) in [4.78, 5) is 2.39. The molecule has 0 aliphatic carbocycles. The lowest BCUT2D eigenvalue weighted by atomic mass is 10.0. The Labute approximate surface area is 265 Å². The molecule has 2 heterocycles. The van der Waals surface area contributed by atoms with Crippen molar-refractivity contribution in [3.8, 4) is 22.3 Å². The summed E-state index contributed by atoms with van der Waals surface area (Å²) in [5.41, 5.74) is 9.92. The van der Waals surface area contributed by atoms with Gasteiger partial charge in [0.2, 0.25) is 0 Å². The number of rotatable bonds is 5. The molecule has 0 unspecified atom stereocenters. The normalized spacial score (nSPS) is 11.6. The highest BCUT2D eigenvalue weighted by Gasteiger charge is 2.23. The molecular weight excluding hydrogens is 567 g/mol. The maximum absolute atomic E-state index is 6.70. The minimum Gasteiger partial charge on any atom is -0.454 e. The summed E-state index contributed by atoms with van der Waals surface area (Å²) in [6.07, 6.45) is 0. The van der Waals surface area contributed by atoms with Crippen molar-refractivity contribution in [1.82, 2.24) is 0 Å². The highest BCUT2D eigenvalue weighted by molar-refractivity contribution is 7.26. The van der Waals surface area contributed by atoms with Crippen molar-refractivity contribution in [2.45, 2.75) is 0 Å². The van der Waals surface area contributed by atoms with E-state index >= 15 is 0 Å². The van der Waals surface area contributed by atoms with E-state index in [1.807, 2.05) is 0 Å². The Morgan fingerprint density at radius 2 is 0.956 bits per heavy atom. The van der Waals surface area contributed by atoms with Crippen LogP contribution in [0.25, 0.3) is 64.4 Å². The maximum atomic E-state index is 6.70. The number of thiophene rings is 1. The van der Waals surface area contributed by atoms with Crippen molar-refractivity contribution in [1.29, 1.82) is 0 Å². The van der Waals surface area contributed by atoms with Crippen LogP contribution in [0.3, 0.4) is 0 Å². The van der Waals surface area contributed by atoms with E-state index in [9.17, 15) is 0 Å². The van der Waals surface area contributed by atoms with Gasteiger partial charge in [-0.25, -0.2) is 0 Å². The smallest absolute Gasteiger partial charge is 0.155 e. The molecule has 7 aromatic carbocycles. The summed E-state index contributed by atoms with van der Waals surface area (Å²) in [5.74, 6) is 0. The average Bonchev–Trinajstić information content (AvgIpc) is 3.69. The zero-order chi connectivity index (χ0) is 29.7. The van der Waals surface area contributed by atoms with Crippen LogP contribution in [-0.4, -0.2) is 0 Å². The Hall–Kier alpha value is -5.64. The molecule has 9 rings (SSSR count). The van der Waals surface area contributed by atoms with E-state index in [2.05, 4.69) is 169 Å². The van der Waals surface area contributed by atoms with Gasteiger partial charge in [-0.05, 0) is 64.7 Å². The molecule has 212 valence electrons. The van der Waals surface area contributed by atoms with Gasteiger partial charge in [0.05, 0.1) is 15.8 Å². The van der Waals surface area contributed by atoms with E-state index in [0.717, 1.165) is 39.0 Å². The minimum absolute atomic E-state index is 0.900. The molecule has 0 spiro atoms. The number of hydrogen-bond acceptors (Lipinski definition) is 3. The highest BCUT2D eigenvalue weighted by Crippen LogP contribution is 2.49. The second kappa shape index (κ2) is 10.5. The third-order valence-corrected chi connectivity index (χ3v) is 9.86. The molecule has 0 aliphatic rings. The first-order chi connectivity index (χ1) is 22.3. The lowest BCUT2D eigenvalue weighted by Gasteiger charge is -2.27. The van der Waals surface area contributed by atoms with Gasteiger partial charge in [-0.15, -0.1) is 11.3 Å². The molecule has 0 radical (unpaired) electrons. The second-order valence-electron chi connectivity index (χ2n) is 11.3. The van der Waals surface area contributed by atoms with Gasteiger partial charge in [-0.3, -0.25) is 0 Å². The molecule has 0 fully saturated rings. The SMILES string of the molecule is c1ccc(-c2ccc(N(c3ccc(-c4ccccc4)cc3)c3cc4c5ccccc5sc4c4oc5ccccc5c34)cc2)cc1. The Morgan fingerprint density at radius 3 is 1.58 bits per heavy atom. The number of hydrogen-bond donors (Lipinski definition) is 0. The predicted octanol–water partition coefficient (Wildman–Crippen LogP) is 12.8. The Bertz CT molecular complexity index is 2370. The summed E-state index contributed by atoms with van der Waals surface area (Å²) in [6, 6.07) is 58.4. The van der Waals surface area contributed by atoms with Gasteiger partial charge in [0, 0.05) is 32.2 Å². The number of benzene rings is 7. The lowest BCUT2D eigenvalue weighted by Crippen LogP contribution is -2.10. The first kappa shape index (κ1) is 25.8. The molecule has 2 aromatic heterocycles. The van der Waals surface area contributed by atoms with Gasteiger partial charge in [-0.2, -0.15) is 0 Å². The molecule has 2 nitrogen and oxygen atoms in total. The van der Waals surface area contributed by atoms with Crippen molar-refractivity contribution < 1.29 is 4.42 Å². The fourth-order valence-corrected chi connectivity index (χ4v) is 7.69. The number of nitrogens with zero attached hydrogens (tertiary/aromatic N) is 1. The van der Waals surface area contributed by atoms with Crippen molar-refractivity contribution in [2.75, 3.05) is 4.90 Å². The first-order valence-corrected chi connectivity index (χ1v) is 16.0. The van der Waals surface area contributed by atoms with Gasteiger partial charge in [0.1, 0.15) is 5.58 Å². The van der Waals surface area contributed by atoms with Gasteiger partial charge in [0.25, 0.3) is 0 Å². The van der Waals surface area contributed by atoms with Crippen molar-refractivity contribution >= 4 is 70.5 Å². The van der Waals surface area contributed by atoms with E-state index in [1.165, 1.54) is 42.4 Å². The Balaban J connectivity index is 1.32. The quantitative estimate of drug-likeness (QED) is 0.197. The van der Waals surface area contributed by atoms with E-state index < -0.39 is 0 Å². The minimum atomic E-state index is 0.900. The predicted molar refractivity (Wildman–Crippen MR) is 192 cm³/mol. The van der Waals surface area contributed by atoms with Crippen LogP contribution in [-0.2, 0) is 0 Å². The van der Waals surface area contributed by atoms with Crippen molar-refractivity contribution in [2.24, 2.45) is 0 Å². The van der Waals surface area contributed by atoms with Crippen LogP contribution in [0.15, 0.2) is 168 Å². The summed E-state index contributed by atoms with van der Waals surface area (Å²) in [6.45, 7) is 0. The number of furan rings is 1. The zero-order valence-electron chi connectivity index (χ0n) is 24.4. The van der Waals surface area contributed by atoms with Gasteiger partial charge in [0.15, 0.2) is 5.58 Å². The topological polar surface area (TPSA) is 16.4 Å². The summed E-state index contributed by atoms with van der Waals surface area (Å²) < 4.78 is 9.14. The third-order valence-electron chi connectivity index (χ3n) is 8.68. The number of para-hydroxylation sites is 1. The van der Waals surface area contributed by atoms with E-state index in [0.29, 0.717) is 0 Å². The van der Waals surface area contributed by atoms with Crippen molar-refractivity contribution in [3.63, 3.8) is 0 Å². The number of fused-ring (bicyclic) bond motifs is 7. The molecule has 9 aromatic rings. The van der Waals surface area contributed by atoms with Gasteiger partial charge in [-0.1, -0.05) is 121 Å². The fraction of sp³-hybridized carbons (Fsp3) is 0. The first-order valence-electron chi connectivity index (χ1n) is 15.2. The molecule has 45 heavy (non-hydrogen) atoms. The van der Waals surface area contributed by atoms with E-state index in [1.54, 1.807) is 11.3 Å². The van der Waals surface area contributed by atoms with E-state index in [4.69, 9.17) is 4.42 Å². The number of anilines is 3. The van der Waals surface area contributed by atoms with Crippen LogP contribution in [0.4, 0.5) is 17.1 Å². The average molecular weight is 594 g/mol. The molecule has 0 atom stereocenters.